The van der Waals surface area contributed by atoms with Crippen molar-refractivity contribution in [1.29, 1.82) is 0 Å². The molecule has 0 heterocycles. The quantitative estimate of drug-likeness (QED) is 0.714. The summed E-state index contributed by atoms with van der Waals surface area (Å²) in [6.07, 6.45) is 0. The summed E-state index contributed by atoms with van der Waals surface area (Å²) < 4.78 is 10.4. The highest BCUT2D eigenvalue weighted by atomic mass is 16.7. The lowest BCUT2D eigenvalue weighted by Gasteiger charge is -2.33. The van der Waals surface area contributed by atoms with Crippen LogP contribution < -0.4 is 14.5 Å². The Hall–Kier alpha value is -2.20. The van der Waals surface area contributed by atoms with E-state index >= 15 is 0 Å². The Balaban J connectivity index is 2.17. The van der Waals surface area contributed by atoms with Crippen LogP contribution in [0.25, 0.3) is 0 Å². The number of methoxy groups -OCH3 is 2. The van der Waals surface area contributed by atoms with Crippen LogP contribution in [0.3, 0.4) is 0 Å². The van der Waals surface area contributed by atoms with Gasteiger partial charge in [0, 0.05) is 5.92 Å². The summed E-state index contributed by atoms with van der Waals surface area (Å²) in [5, 5.41) is 1.92. The monoisotopic (exact) mass is 315 g/mol. The van der Waals surface area contributed by atoms with E-state index in [1.54, 1.807) is 21.3 Å². The zero-order valence-electron chi connectivity index (χ0n) is 14.4. The largest absolute Gasteiger partial charge is 0.497 e. The van der Waals surface area contributed by atoms with Crippen LogP contribution >= 0.6 is 0 Å². The molecule has 2 rings (SSSR count). The first kappa shape index (κ1) is 17.2. The minimum absolute atomic E-state index is 0.168. The van der Waals surface area contributed by atoms with Gasteiger partial charge in [0.2, 0.25) is 0 Å². The Morgan fingerprint density at radius 3 is 1.65 bits per heavy atom. The van der Waals surface area contributed by atoms with Crippen LogP contribution in [0, 0.1) is 0 Å². The molecule has 0 N–H and O–H groups in total. The van der Waals surface area contributed by atoms with Crippen molar-refractivity contribution >= 4 is 5.69 Å². The van der Waals surface area contributed by atoms with E-state index in [2.05, 4.69) is 26.0 Å². The maximum absolute atomic E-state index is 5.63. The van der Waals surface area contributed by atoms with Crippen LogP contribution in [-0.2, 0) is 4.84 Å². The third-order valence-electron chi connectivity index (χ3n) is 4.26. The van der Waals surface area contributed by atoms with Gasteiger partial charge in [0.25, 0.3) is 0 Å². The van der Waals surface area contributed by atoms with Crippen molar-refractivity contribution < 1.29 is 14.3 Å². The smallest absolute Gasteiger partial charge is 0.119 e. The fraction of sp³-hybridized carbons (Fsp3) is 0.368. The molecule has 0 saturated carbocycles. The van der Waals surface area contributed by atoms with Crippen molar-refractivity contribution in [2.45, 2.75) is 25.8 Å². The summed E-state index contributed by atoms with van der Waals surface area (Å²) in [4.78, 5) is 5.63. The van der Waals surface area contributed by atoms with Crippen molar-refractivity contribution in [1.82, 2.24) is 0 Å². The number of ether oxygens (including phenoxy) is 2. The number of hydroxylamine groups is 1. The molecule has 2 atom stereocenters. The lowest BCUT2D eigenvalue weighted by atomic mass is 9.94. The molecule has 0 spiro atoms. The predicted octanol–water partition coefficient (Wildman–Crippen LogP) is 4.26. The van der Waals surface area contributed by atoms with Gasteiger partial charge in [-0.1, -0.05) is 19.1 Å². The van der Waals surface area contributed by atoms with Crippen molar-refractivity contribution in [3.05, 3.63) is 54.1 Å². The summed E-state index contributed by atoms with van der Waals surface area (Å²) in [6, 6.07) is 16.2. The number of hydrogen-bond acceptors (Lipinski definition) is 4. The minimum atomic E-state index is 0.168. The molecule has 0 saturated heterocycles. The lowest BCUT2D eigenvalue weighted by Crippen LogP contribution is -2.35. The maximum Gasteiger partial charge on any atom is 0.119 e. The molecule has 4 nitrogen and oxygen atoms in total. The molecule has 1 unspecified atom stereocenters. The average molecular weight is 315 g/mol. The molecule has 2 aromatic carbocycles. The molecule has 2 aromatic rings. The third kappa shape index (κ3) is 3.96. The topological polar surface area (TPSA) is 30.9 Å². The van der Waals surface area contributed by atoms with Crippen LogP contribution in [-0.4, -0.2) is 27.4 Å². The van der Waals surface area contributed by atoms with E-state index < -0.39 is 0 Å². The second-order valence-corrected chi connectivity index (χ2v) is 5.51. The SMILES string of the molecule is COc1ccc([C@@H](C)C(C)N(OC)c2ccc(OC)cc2)cc1. The molecule has 0 aromatic heterocycles. The molecule has 0 amide bonds. The summed E-state index contributed by atoms with van der Waals surface area (Å²) in [6.45, 7) is 4.35. The van der Waals surface area contributed by atoms with Gasteiger partial charge in [-0.25, -0.2) is 0 Å². The van der Waals surface area contributed by atoms with Crippen LogP contribution in [0.4, 0.5) is 5.69 Å². The molecule has 0 radical (unpaired) electrons. The van der Waals surface area contributed by atoms with Gasteiger partial charge in [-0.3, -0.25) is 9.90 Å². The number of nitrogens with zero attached hydrogens (tertiary/aromatic N) is 1. The van der Waals surface area contributed by atoms with E-state index in [1.807, 2.05) is 41.5 Å². The molecule has 0 aliphatic heterocycles. The van der Waals surface area contributed by atoms with Gasteiger partial charge in [0.1, 0.15) is 11.5 Å². The van der Waals surface area contributed by atoms with E-state index in [0.717, 1.165) is 17.2 Å². The number of benzene rings is 2. The standard InChI is InChI=1S/C19H25NO3/c1-14(16-6-10-18(21-3)11-7-16)15(2)20(23-5)17-8-12-19(22-4)13-9-17/h6-15H,1-5H3/t14-,15?/m0/s1. The highest BCUT2D eigenvalue weighted by Crippen LogP contribution is 2.29. The normalized spacial score (nSPS) is 13.3. The first-order valence-electron chi connectivity index (χ1n) is 7.72. The van der Waals surface area contributed by atoms with Crippen LogP contribution in [0.2, 0.25) is 0 Å². The van der Waals surface area contributed by atoms with Gasteiger partial charge >= 0.3 is 0 Å². The fourth-order valence-corrected chi connectivity index (χ4v) is 2.63. The van der Waals surface area contributed by atoms with E-state index in [1.165, 1.54) is 5.56 Å². The van der Waals surface area contributed by atoms with Gasteiger partial charge < -0.3 is 9.47 Å². The van der Waals surface area contributed by atoms with E-state index in [4.69, 9.17) is 14.3 Å². The number of hydrogen-bond donors (Lipinski definition) is 0. The second kappa shape index (κ2) is 7.88. The van der Waals surface area contributed by atoms with Crippen LogP contribution in [0.15, 0.2) is 48.5 Å². The van der Waals surface area contributed by atoms with Crippen molar-refractivity contribution in [2.75, 3.05) is 26.4 Å². The summed E-state index contributed by atoms with van der Waals surface area (Å²) in [5.41, 5.74) is 2.25. The Labute approximate surface area is 138 Å². The molecule has 0 fully saturated rings. The Morgan fingerprint density at radius 2 is 1.22 bits per heavy atom. The predicted molar refractivity (Wildman–Crippen MR) is 93.4 cm³/mol. The van der Waals surface area contributed by atoms with Crippen molar-refractivity contribution in [3.63, 3.8) is 0 Å². The van der Waals surface area contributed by atoms with Crippen LogP contribution in [0.1, 0.15) is 25.3 Å². The fourth-order valence-electron chi connectivity index (χ4n) is 2.63. The zero-order chi connectivity index (χ0) is 16.8. The van der Waals surface area contributed by atoms with Gasteiger partial charge in [-0.05, 0) is 48.9 Å². The molecular weight excluding hydrogens is 290 g/mol. The Kier molecular flexibility index (Phi) is 5.88. The van der Waals surface area contributed by atoms with Gasteiger partial charge in [-0.15, -0.1) is 0 Å². The Bertz CT molecular complexity index is 595. The summed E-state index contributed by atoms with van der Waals surface area (Å²) in [5.74, 6) is 2.00. The van der Waals surface area contributed by atoms with Crippen LogP contribution in [0.5, 0.6) is 11.5 Å². The second-order valence-electron chi connectivity index (χ2n) is 5.51. The zero-order valence-corrected chi connectivity index (χ0v) is 14.4. The van der Waals surface area contributed by atoms with Crippen molar-refractivity contribution in [3.8, 4) is 11.5 Å². The molecule has 23 heavy (non-hydrogen) atoms. The highest BCUT2D eigenvalue weighted by Gasteiger charge is 2.22. The third-order valence-corrected chi connectivity index (χ3v) is 4.26. The van der Waals surface area contributed by atoms with Gasteiger partial charge in [0.05, 0.1) is 33.1 Å². The maximum atomic E-state index is 5.63. The van der Waals surface area contributed by atoms with E-state index in [-0.39, 0.29) is 6.04 Å². The average Bonchev–Trinajstić information content (AvgIpc) is 2.62. The van der Waals surface area contributed by atoms with Gasteiger partial charge in [0.15, 0.2) is 0 Å². The molecule has 0 aliphatic rings. The lowest BCUT2D eigenvalue weighted by molar-refractivity contribution is 0.136. The summed E-state index contributed by atoms with van der Waals surface area (Å²) >= 11 is 0. The van der Waals surface area contributed by atoms with Gasteiger partial charge in [-0.2, -0.15) is 0 Å². The number of anilines is 1. The summed E-state index contributed by atoms with van der Waals surface area (Å²) in [7, 11) is 5.04. The van der Waals surface area contributed by atoms with Crippen molar-refractivity contribution in [2.24, 2.45) is 0 Å². The first-order chi connectivity index (χ1) is 11.1. The molecule has 124 valence electrons. The molecule has 0 bridgehead atoms. The highest BCUT2D eigenvalue weighted by molar-refractivity contribution is 5.48. The number of rotatable bonds is 7. The molecule has 4 heteroatoms. The minimum Gasteiger partial charge on any atom is -0.497 e. The first-order valence-corrected chi connectivity index (χ1v) is 7.72. The molecule has 0 aliphatic carbocycles. The van der Waals surface area contributed by atoms with E-state index in [0.29, 0.717) is 5.92 Å². The Morgan fingerprint density at radius 1 is 0.739 bits per heavy atom. The van der Waals surface area contributed by atoms with E-state index in [9.17, 15) is 0 Å². The molecular formula is C19H25NO3.